The van der Waals surface area contributed by atoms with Gasteiger partial charge >= 0.3 is 0 Å². The van der Waals surface area contributed by atoms with Gasteiger partial charge in [-0.3, -0.25) is 14.5 Å². The Kier molecular flexibility index (Phi) is 5.24. The number of carbonyl (C=O) groups is 2. The number of nitrogens with zero attached hydrogens (tertiary/aromatic N) is 1. The molecule has 0 radical (unpaired) electrons. The van der Waals surface area contributed by atoms with Crippen LogP contribution in [-0.4, -0.2) is 22.6 Å². The highest BCUT2D eigenvalue weighted by Crippen LogP contribution is 2.32. The molecule has 5 heteroatoms. The molecule has 0 aliphatic carbocycles. The highest BCUT2D eigenvalue weighted by molar-refractivity contribution is 8.18. The van der Waals surface area contributed by atoms with Gasteiger partial charge in [0.1, 0.15) is 12.4 Å². The van der Waals surface area contributed by atoms with E-state index in [2.05, 4.69) is 19.1 Å². The van der Waals surface area contributed by atoms with Crippen LogP contribution in [0, 0.1) is 6.92 Å². The Hall–Kier alpha value is -2.53. The number of ether oxygens (including phenoxy) is 1. The smallest absolute Gasteiger partial charge is 0.293 e. The number of carbonyl (C=O) groups excluding carboxylic acids is 2. The molecule has 0 unspecified atom stereocenters. The average Bonchev–Trinajstić information content (AvgIpc) is 2.88. The molecular formula is C20H19NO3S. The SMILES string of the molecule is CCN1C(=O)S/C(=C\c2ccc(OCc3ccc(C)cc3)cc2)C1=O. The third kappa shape index (κ3) is 4.12. The Morgan fingerprint density at radius 1 is 1.04 bits per heavy atom. The highest BCUT2D eigenvalue weighted by Gasteiger charge is 2.33. The van der Waals surface area contributed by atoms with Crippen LogP contribution < -0.4 is 4.74 Å². The molecule has 4 nitrogen and oxygen atoms in total. The predicted octanol–water partition coefficient (Wildman–Crippen LogP) is 4.63. The zero-order valence-corrected chi connectivity index (χ0v) is 15.0. The minimum Gasteiger partial charge on any atom is -0.489 e. The monoisotopic (exact) mass is 353 g/mol. The summed E-state index contributed by atoms with van der Waals surface area (Å²) in [5, 5.41) is -0.211. The zero-order valence-electron chi connectivity index (χ0n) is 14.2. The molecule has 2 aromatic carbocycles. The molecule has 0 saturated carbocycles. The van der Waals surface area contributed by atoms with E-state index in [0.29, 0.717) is 18.1 Å². The Morgan fingerprint density at radius 2 is 1.72 bits per heavy atom. The average molecular weight is 353 g/mol. The minimum absolute atomic E-state index is 0.211. The lowest BCUT2D eigenvalue weighted by atomic mass is 10.1. The van der Waals surface area contributed by atoms with E-state index in [4.69, 9.17) is 4.74 Å². The van der Waals surface area contributed by atoms with E-state index in [1.807, 2.05) is 36.4 Å². The molecule has 128 valence electrons. The minimum atomic E-state index is -0.225. The summed E-state index contributed by atoms with van der Waals surface area (Å²) in [5.41, 5.74) is 3.20. The maximum atomic E-state index is 12.1. The van der Waals surface area contributed by atoms with Crippen LogP contribution >= 0.6 is 11.8 Å². The topological polar surface area (TPSA) is 46.6 Å². The van der Waals surface area contributed by atoms with Crippen LogP contribution in [0.5, 0.6) is 5.75 Å². The third-order valence-corrected chi connectivity index (χ3v) is 4.80. The fraction of sp³-hybridized carbons (Fsp3) is 0.200. The molecule has 0 N–H and O–H groups in total. The van der Waals surface area contributed by atoms with Gasteiger partial charge in [-0.15, -0.1) is 0 Å². The molecule has 1 heterocycles. The normalized spacial score (nSPS) is 15.9. The predicted molar refractivity (Wildman–Crippen MR) is 100 cm³/mol. The summed E-state index contributed by atoms with van der Waals surface area (Å²) in [6, 6.07) is 15.7. The van der Waals surface area contributed by atoms with Crippen molar-refractivity contribution >= 4 is 29.0 Å². The van der Waals surface area contributed by atoms with Gasteiger partial charge in [0.05, 0.1) is 4.91 Å². The fourth-order valence-electron chi connectivity index (χ4n) is 2.44. The molecule has 2 aromatic rings. The second-order valence-corrected chi connectivity index (χ2v) is 6.76. The molecule has 1 aliphatic heterocycles. The van der Waals surface area contributed by atoms with E-state index < -0.39 is 0 Å². The molecule has 2 amide bonds. The van der Waals surface area contributed by atoms with Crippen LogP contribution in [0.15, 0.2) is 53.4 Å². The number of likely N-dealkylation sites (N-methyl/N-ethyl adjacent to an activating group) is 1. The second-order valence-electron chi connectivity index (χ2n) is 5.77. The van der Waals surface area contributed by atoms with Gasteiger partial charge in [-0.05, 0) is 54.9 Å². The Bertz CT molecular complexity index is 810. The van der Waals surface area contributed by atoms with Crippen LogP contribution in [0.3, 0.4) is 0 Å². The summed E-state index contributed by atoms with van der Waals surface area (Å²) in [4.78, 5) is 25.5. The molecule has 1 fully saturated rings. The highest BCUT2D eigenvalue weighted by atomic mass is 32.2. The number of imide groups is 1. The fourth-order valence-corrected chi connectivity index (χ4v) is 3.34. The van der Waals surface area contributed by atoms with Gasteiger partial charge in [-0.25, -0.2) is 0 Å². The summed E-state index contributed by atoms with van der Waals surface area (Å²) < 4.78 is 5.77. The first-order valence-corrected chi connectivity index (χ1v) is 8.92. The number of hydrogen-bond donors (Lipinski definition) is 0. The largest absolute Gasteiger partial charge is 0.489 e. The quantitative estimate of drug-likeness (QED) is 0.735. The van der Waals surface area contributed by atoms with E-state index in [0.717, 1.165) is 28.6 Å². The van der Waals surface area contributed by atoms with E-state index in [1.165, 1.54) is 10.5 Å². The number of rotatable bonds is 5. The standard InChI is InChI=1S/C20H19NO3S/c1-3-21-19(22)18(25-20(21)23)12-15-8-10-17(11-9-15)24-13-16-6-4-14(2)5-7-16/h4-12H,3,13H2,1-2H3/b18-12-. The Morgan fingerprint density at radius 3 is 2.32 bits per heavy atom. The van der Waals surface area contributed by atoms with Gasteiger partial charge in [0.25, 0.3) is 11.1 Å². The first-order valence-electron chi connectivity index (χ1n) is 8.10. The van der Waals surface area contributed by atoms with E-state index >= 15 is 0 Å². The van der Waals surface area contributed by atoms with Crippen molar-refractivity contribution in [3.05, 3.63) is 70.1 Å². The lowest BCUT2D eigenvalue weighted by Crippen LogP contribution is -2.27. The van der Waals surface area contributed by atoms with Gasteiger partial charge in [0, 0.05) is 6.54 Å². The van der Waals surface area contributed by atoms with Crippen LogP contribution in [0.2, 0.25) is 0 Å². The zero-order chi connectivity index (χ0) is 17.8. The van der Waals surface area contributed by atoms with E-state index in [9.17, 15) is 9.59 Å². The second kappa shape index (κ2) is 7.57. The van der Waals surface area contributed by atoms with Gasteiger partial charge in [0.15, 0.2) is 0 Å². The van der Waals surface area contributed by atoms with Crippen LogP contribution in [0.25, 0.3) is 6.08 Å². The van der Waals surface area contributed by atoms with Gasteiger partial charge in [0.2, 0.25) is 0 Å². The number of hydrogen-bond acceptors (Lipinski definition) is 4. The Balaban J connectivity index is 1.64. The summed E-state index contributed by atoms with van der Waals surface area (Å²) in [5.74, 6) is 0.539. The van der Waals surface area contributed by atoms with Gasteiger partial charge in [-0.1, -0.05) is 42.0 Å². The molecule has 0 atom stereocenters. The summed E-state index contributed by atoms with van der Waals surface area (Å²) >= 11 is 0.981. The van der Waals surface area contributed by atoms with Crippen molar-refractivity contribution in [1.29, 1.82) is 0 Å². The van der Waals surface area contributed by atoms with Crippen LogP contribution in [-0.2, 0) is 11.4 Å². The number of aryl methyl sites for hydroxylation is 1. The van der Waals surface area contributed by atoms with Gasteiger partial charge in [-0.2, -0.15) is 0 Å². The molecular weight excluding hydrogens is 334 g/mol. The summed E-state index contributed by atoms with van der Waals surface area (Å²) in [6.45, 7) is 4.75. The summed E-state index contributed by atoms with van der Waals surface area (Å²) in [7, 11) is 0. The van der Waals surface area contributed by atoms with Crippen LogP contribution in [0.1, 0.15) is 23.6 Å². The van der Waals surface area contributed by atoms with E-state index in [1.54, 1.807) is 13.0 Å². The van der Waals surface area contributed by atoms with Crippen LogP contribution in [0.4, 0.5) is 4.79 Å². The van der Waals surface area contributed by atoms with Crippen molar-refractivity contribution in [1.82, 2.24) is 4.90 Å². The molecule has 1 aliphatic rings. The van der Waals surface area contributed by atoms with Crippen molar-refractivity contribution < 1.29 is 14.3 Å². The number of benzene rings is 2. The Labute approximate surface area is 151 Å². The van der Waals surface area contributed by atoms with Crippen molar-refractivity contribution in [2.45, 2.75) is 20.5 Å². The maximum absolute atomic E-state index is 12.1. The molecule has 3 rings (SSSR count). The molecule has 25 heavy (non-hydrogen) atoms. The maximum Gasteiger partial charge on any atom is 0.293 e. The molecule has 1 saturated heterocycles. The van der Waals surface area contributed by atoms with E-state index in [-0.39, 0.29) is 11.1 Å². The summed E-state index contributed by atoms with van der Waals surface area (Å²) in [6.07, 6.45) is 1.74. The first kappa shape index (κ1) is 17.3. The van der Waals surface area contributed by atoms with Crippen molar-refractivity contribution in [3.8, 4) is 5.75 Å². The van der Waals surface area contributed by atoms with Gasteiger partial charge < -0.3 is 4.74 Å². The molecule has 0 bridgehead atoms. The molecule has 0 aromatic heterocycles. The van der Waals surface area contributed by atoms with Crippen molar-refractivity contribution in [2.75, 3.05) is 6.54 Å². The van der Waals surface area contributed by atoms with Crippen molar-refractivity contribution in [3.63, 3.8) is 0 Å². The lowest BCUT2D eigenvalue weighted by molar-refractivity contribution is -0.122. The number of thioether (sulfide) groups is 1. The third-order valence-electron chi connectivity index (χ3n) is 3.89. The lowest BCUT2D eigenvalue weighted by Gasteiger charge is -2.07. The van der Waals surface area contributed by atoms with Crippen molar-refractivity contribution in [2.24, 2.45) is 0 Å². The molecule has 0 spiro atoms. The number of amides is 2. The first-order chi connectivity index (χ1) is 12.1.